The number of hydrogen-bond donors (Lipinski definition) is 0. The molecule has 15 heavy (non-hydrogen) atoms. The molecule has 0 saturated heterocycles. The predicted molar refractivity (Wildman–Crippen MR) is 60.8 cm³/mol. The molecule has 0 spiro atoms. The Bertz CT molecular complexity index is 351. The first kappa shape index (κ1) is 11.8. The van der Waals surface area contributed by atoms with Crippen molar-refractivity contribution in [3.63, 3.8) is 0 Å². The highest BCUT2D eigenvalue weighted by Gasteiger charge is 2.21. The Kier molecular flexibility index (Phi) is 3.89. The van der Waals surface area contributed by atoms with Crippen molar-refractivity contribution in [1.29, 1.82) is 0 Å². The number of hydrogen-bond acceptors (Lipinski definition) is 2. The summed E-state index contributed by atoms with van der Waals surface area (Å²) >= 11 is 0. The summed E-state index contributed by atoms with van der Waals surface area (Å²) in [6.07, 6.45) is 0. The maximum Gasteiger partial charge on any atom is 0.338 e. The minimum absolute atomic E-state index is 0.191. The molecular weight excluding hydrogens is 188 g/mol. The van der Waals surface area contributed by atoms with Crippen LogP contribution in [0.4, 0.5) is 0 Å². The first-order valence-corrected chi connectivity index (χ1v) is 5.28. The van der Waals surface area contributed by atoms with E-state index < -0.39 is 0 Å². The highest BCUT2D eigenvalue weighted by molar-refractivity contribution is 5.93. The van der Waals surface area contributed by atoms with E-state index in [4.69, 9.17) is 4.74 Å². The van der Waals surface area contributed by atoms with E-state index in [-0.39, 0.29) is 5.97 Å². The molecule has 0 fully saturated rings. The van der Waals surface area contributed by atoms with Crippen molar-refractivity contribution < 1.29 is 9.53 Å². The van der Waals surface area contributed by atoms with Crippen molar-refractivity contribution in [3.05, 3.63) is 34.9 Å². The zero-order chi connectivity index (χ0) is 11.4. The standard InChI is InChI=1S/C9H8O2.C4H10/c1-6-3-2-4-7-8(6)5-11-9(7)10;1-4(2)3/h2-4H,5H2,1H3;4H,1-3H3. The third kappa shape index (κ3) is 3.08. The summed E-state index contributed by atoms with van der Waals surface area (Å²) in [5.74, 6) is 0.642. The normalized spacial score (nSPS) is 13.0. The van der Waals surface area contributed by atoms with Crippen LogP contribution in [-0.2, 0) is 11.3 Å². The van der Waals surface area contributed by atoms with Crippen LogP contribution in [-0.4, -0.2) is 5.97 Å². The van der Waals surface area contributed by atoms with Gasteiger partial charge in [0.25, 0.3) is 0 Å². The second-order valence-corrected chi connectivity index (χ2v) is 4.41. The average molecular weight is 206 g/mol. The van der Waals surface area contributed by atoms with E-state index in [1.54, 1.807) is 6.07 Å². The topological polar surface area (TPSA) is 26.3 Å². The Morgan fingerprint density at radius 1 is 1.27 bits per heavy atom. The molecule has 1 aromatic rings. The second-order valence-electron chi connectivity index (χ2n) is 4.41. The van der Waals surface area contributed by atoms with Gasteiger partial charge in [-0.1, -0.05) is 32.9 Å². The Balaban J connectivity index is 0.000000245. The third-order valence-electron chi connectivity index (χ3n) is 1.98. The molecule has 0 aromatic heterocycles. The van der Waals surface area contributed by atoms with Gasteiger partial charge in [-0.25, -0.2) is 4.79 Å². The summed E-state index contributed by atoms with van der Waals surface area (Å²) in [6.45, 7) is 8.93. The number of aryl methyl sites for hydroxylation is 1. The summed E-state index contributed by atoms with van der Waals surface area (Å²) in [7, 11) is 0. The number of rotatable bonds is 0. The Hall–Kier alpha value is -1.31. The summed E-state index contributed by atoms with van der Waals surface area (Å²) in [6, 6.07) is 5.67. The van der Waals surface area contributed by atoms with Crippen LogP contribution in [0.2, 0.25) is 0 Å². The van der Waals surface area contributed by atoms with E-state index in [1.807, 2.05) is 19.1 Å². The van der Waals surface area contributed by atoms with Gasteiger partial charge in [-0.2, -0.15) is 0 Å². The maximum absolute atomic E-state index is 11.0. The molecule has 0 saturated carbocycles. The molecule has 82 valence electrons. The molecule has 1 heterocycles. The summed E-state index contributed by atoms with van der Waals surface area (Å²) in [5.41, 5.74) is 2.90. The molecule has 2 rings (SSSR count). The van der Waals surface area contributed by atoms with Gasteiger partial charge in [0.05, 0.1) is 5.56 Å². The van der Waals surface area contributed by atoms with Crippen LogP contribution in [0.5, 0.6) is 0 Å². The van der Waals surface area contributed by atoms with Gasteiger partial charge in [0.1, 0.15) is 6.61 Å². The zero-order valence-electron chi connectivity index (χ0n) is 9.83. The summed E-state index contributed by atoms with van der Waals surface area (Å²) in [5, 5.41) is 0. The van der Waals surface area contributed by atoms with Crippen LogP contribution in [0.15, 0.2) is 18.2 Å². The van der Waals surface area contributed by atoms with Crippen LogP contribution < -0.4 is 0 Å². The number of ether oxygens (including phenoxy) is 1. The lowest BCUT2D eigenvalue weighted by Crippen LogP contribution is -1.92. The summed E-state index contributed by atoms with van der Waals surface area (Å²) in [4.78, 5) is 11.0. The van der Waals surface area contributed by atoms with Gasteiger partial charge >= 0.3 is 5.97 Å². The zero-order valence-corrected chi connectivity index (χ0v) is 9.83. The largest absolute Gasteiger partial charge is 0.457 e. The number of fused-ring (bicyclic) bond motifs is 1. The average Bonchev–Trinajstić information content (AvgIpc) is 2.49. The van der Waals surface area contributed by atoms with Crippen molar-refractivity contribution in [3.8, 4) is 0 Å². The molecule has 0 atom stereocenters. The molecule has 0 N–H and O–H groups in total. The lowest BCUT2D eigenvalue weighted by molar-refractivity contribution is 0.0535. The fourth-order valence-electron chi connectivity index (χ4n) is 1.30. The molecule has 2 heteroatoms. The molecular formula is C13H18O2. The molecule has 0 aliphatic carbocycles. The highest BCUT2D eigenvalue weighted by Crippen LogP contribution is 2.22. The second kappa shape index (κ2) is 4.96. The molecule has 0 unspecified atom stereocenters. The minimum atomic E-state index is -0.191. The Morgan fingerprint density at radius 3 is 2.40 bits per heavy atom. The molecule has 1 aliphatic heterocycles. The van der Waals surface area contributed by atoms with Crippen molar-refractivity contribution in [1.82, 2.24) is 0 Å². The highest BCUT2D eigenvalue weighted by atomic mass is 16.5. The molecule has 1 aliphatic rings. The van der Waals surface area contributed by atoms with Crippen LogP contribution in [0, 0.1) is 12.8 Å². The van der Waals surface area contributed by atoms with E-state index in [0.717, 1.165) is 22.6 Å². The maximum atomic E-state index is 11.0. The van der Waals surface area contributed by atoms with E-state index in [1.165, 1.54) is 0 Å². The fourth-order valence-corrected chi connectivity index (χ4v) is 1.30. The van der Waals surface area contributed by atoms with Crippen molar-refractivity contribution in [2.75, 3.05) is 0 Å². The van der Waals surface area contributed by atoms with Gasteiger partial charge in [-0.05, 0) is 24.5 Å². The number of benzene rings is 1. The van der Waals surface area contributed by atoms with E-state index in [0.29, 0.717) is 6.61 Å². The summed E-state index contributed by atoms with van der Waals surface area (Å²) < 4.78 is 4.87. The first-order valence-electron chi connectivity index (χ1n) is 5.28. The van der Waals surface area contributed by atoms with Gasteiger partial charge in [-0.15, -0.1) is 0 Å². The minimum Gasteiger partial charge on any atom is -0.457 e. The van der Waals surface area contributed by atoms with Gasteiger partial charge in [0.15, 0.2) is 0 Å². The first-order chi connectivity index (χ1) is 7.02. The van der Waals surface area contributed by atoms with Crippen LogP contribution >= 0.6 is 0 Å². The Labute approximate surface area is 91.3 Å². The van der Waals surface area contributed by atoms with Crippen molar-refractivity contribution in [2.45, 2.75) is 34.3 Å². The lowest BCUT2D eigenvalue weighted by Gasteiger charge is -1.96. The SMILES string of the molecule is CC(C)C.Cc1cccc2c1COC2=O. The van der Waals surface area contributed by atoms with E-state index in [2.05, 4.69) is 20.8 Å². The number of esters is 1. The lowest BCUT2D eigenvalue weighted by atomic mass is 10.1. The van der Waals surface area contributed by atoms with Crippen LogP contribution in [0.1, 0.15) is 42.3 Å². The quantitative estimate of drug-likeness (QED) is 0.609. The molecule has 2 nitrogen and oxygen atoms in total. The van der Waals surface area contributed by atoms with Gasteiger partial charge in [-0.3, -0.25) is 0 Å². The molecule has 0 radical (unpaired) electrons. The van der Waals surface area contributed by atoms with Crippen LogP contribution in [0.25, 0.3) is 0 Å². The molecule has 0 amide bonds. The van der Waals surface area contributed by atoms with Gasteiger partial charge < -0.3 is 4.74 Å². The van der Waals surface area contributed by atoms with Crippen molar-refractivity contribution >= 4 is 5.97 Å². The monoisotopic (exact) mass is 206 g/mol. The van der Waals surface area contributed by atoms with E-state index in [9.17, 15) is 4.79 Å². The smallest absolute Gasteiger partial charge is 0.338 e. The number of cyclic esters (lactones) is 1. The van der Waals surface area contributed by atoms with Gasteiger partial charge in [0, 0.05) is 5.56 Å². The van der Waals surface area contributed by atoms with Crippen LogP contribution in [0.3, 0.4) is 0 Å². The Morgan fingerprint density at radius 2 is 1.87 bits per heavy atom. The van der Waals surface area contributed by atoms with Gasteiger partial charge in [0.2, 0.25) is 0 Å². The predicted octanol–water partition coefficient (Wildman–Crippen LogP) is 3.33. The number of carbonyl (C=O) groups excluding carboxylic acids is 1. The fraction of sp³-hybridized carbons (Fsp3) is 0.462. The molecule has 1 aromatic carbocycles. The molecule has 0 bridgehead atoms. The third-order valence-corrected chi connectivity index (χ3v) is 1.98. The van der Waals surface area contributed by atoms with E-state index >= 15 is 0 Å². The number of carbonyl (C=O) groups is 1. The van der Waals surface area contributed by atoms with Crippen molar-refractivity contribution in [2.24, 2.45) is 5.92 Å².